The first-order chi connectivity index (χ1) is 14.1. The van der Waals surface area contributed by atoms with Crippen LogP contribution in [0.15, 0.2) is 47.6 Å². The minimum Gasteiger partial charge on any atom is -0.493 e. The van der Waals surface area contributed by atoms with Gasteiger partial charge in [0.1, 0.15) is 0 Å². The zero-order chi connectivity index (χ0) is 20.6. The molecule has 1 N–H and O–H groups in total. The Bertz CT molecular complexity index is 909. The van der Waals surface area contributed by atoms with Crippen molar-refractivity contribution in [3.05, 3.63) is 58.1 Å². The van der Waals surface area contributed by atoms with E-state index in [1.807, 2.05) is 0 Å². The summed E-state index contributed by atoms with van der Waals surface area (Å²) in [5.41, 5.74) is 3.79. The van der Waals surface area contributed by atoms with E-state index in [4.69, 9.17) is 9.47 Å². The number of hydrogen-bond acceptors (Lipinski definition) is 7. The molecule has 2 aromatic rings. The van der Waals surface area contributed by atoms with Gasteiger partial charge in [0.2, 0.25) is 0 Å². The summed E-state index contributed by atoms with van der Waals surface area (Å²) in [5, 5.41) is 15.0. The molecule has 3 rings (SSSR count). The Hall–Kier alpha value is -3.62. The number of nitro benzene ring substituents is 1. The van der Waals surface area contributed by atoms with E-state index < -0.39 is 10.8 Å². The second-order valence-corrected chi connectivity index (χ2v) is 6.43. The molecule has 152 valence electrons. The van der Waals surface area contributed by atoms with Gasteiger partial charge in [0.25, 0.3) is 11.6 Å². The van der Waals surface area contributed by atoms with Gasteiger partial charge >= 0.3 is 0 Å². The van der Waals surface area contributed by atoms with Crippen molar-refractivity contribution in [3.8, 4) is 11.5 Å². The first-order valence-corrected chi connectivity index (χ1v) is 9.19. The number of amides is 1. The predicted octanol–water partition coefficient (Wildman–Crippen LogP) is 2.73. The highest BCUT2D eigenvalue weighted by atomic mass is 16.6. The van der Waals surface area contributed by atoms with E-state index in [9.17, 15) is 14.9 Å². The lowest BCUT2D eigenvalue weighted by atomic mass is 10.1. The van der Waals surface area contributed by atoms with Crippen LogP contribution in [0.3, 0.4) is 0 Å². The lowest BCUT2D eigenvalue weighted by molar-refractivity contribution is -0.384. The molecule has 2 aromatic carbocycles. The maximum atomic E-state index is 12.0. The second kappa shape index (κ2) is 9.54. The number of hydrogen-bond donors (Lipinski definition) is 1. The molecule has 0 aliphatic carbocycles. The van der Waals surface area contributed by atoms with Crippen molar-refractivity contribution < 1.29 is 19.2 Å². The number of nitrogens with zero attached hydrogens (tertiary/aromatic N) is 3. The number of non-ortho nitro benzene ring substituents is 1. The zero-order valence-electron chi connectivity index (χ0n) is 16.0. The topological polar surface area (TPSA) is 106 Å². The molecule has 9 nitrogen and oxygen atoms in total. The monoisotopic (exact) mass is 398 g/mol. The minimum absolute atomic E-state index is 0.0276. The number of methoxy groups -OCH3 is 1. The Labute approximate surface area is 168 Å². The van der Waals surface area contributed by atoms with Gasteiger partial charge in [-0.1, -0.05) is 12.1 Å². The summed E-state index contributed by atoms with van der Waals surface area (Å²) in [4.78, 5) is 24.8. The highest BCUT2D eigenvalue weighted by Gasteiger charge is 2.18. The number of anilines is 1. The van der Waals surface area contributed by atoms with Crippen molar-refractivity contribution in [2.24, 2.45) is 5.10 Å². The van der Waals surface area contributed by atoms with E-state index in [1.165, 1.54) is 25.5 Å². The fraction of sp³-hybridized carbons (Fsp3) is 0.300. The summed E-state index contributed by atoms with van der Waals surface area (Å²) in [6, 6.07) is 11.6. The highest BCUT2D eigenvalue weighted by molar-refractivity contribution is 5.90. The molecule has 0 atom stereocenters. The van der Waals surface area contributed by atoms with Crippen LogP contribution in [0, 0.1) is 10.1 Å². The Morgan fingerprint density at radius 3 is 2.66 bits per heavy atom. The number of nitrogens with one attached hydrogen (secondary N) is 1. The van der Waals surface area contributed by atoms with Gasteiger partial charge in [0.05, 0.1) is 18.2 Å². The molecule has 0 spiro atoms. The average molecular weight is 398 g/mol. The number of benzene rings is 2. The van der Waals surface area contributed by atoms with Crippen molar-refractivity contribution in [1.82, 2.24) is 5.43 Å². The number of carbonyl (C=O) groups is 1. The van der Waals surface area contributed by atoms with Crippen molar-refractivity contribution in [1.29, 1.82) is 0 Å². The standard InChI is InChI=1S/C20H22N4O5/c1-28-18-6-2-3-7-19(18)29-14-20(25)22-21-13-15-12-16(24(26)27)8-9-17(15)23-10-4-5-11-23/h2-3,6-9,12-13H,4-5,10-11,14H2,1H3,(H,22,25)/b21-13+. The maximum Gasteiger partial charge on any atom is 0.277 e. The van der Waals surface area contributed by atoms with Crippen LogP contribution in [0.5, 0.6) is 11.5 Å². The van der Waals surface area contributed by atoms with Gasteiger partial charge < -0.3 is 14.4 Å². The molecule has 29 heavy (non-hydrogen) atoms. The summed E-state index contributed by atoms with van der Waals surface area (Å²) < 4.78 is 10.6. The molecule has 0 bridgehead atoms. The van der Waals surface area contributed by atoms with E-state index in [2.05, 4.69) is 15.4 Å². The number of carbonyl (C=O) groups excluding carboxylic acids is 1. The van der Waals surface area contributed by atoms with E-state index in [0.717, 1.165) is 31.6 Å². The third-order valence-corrected chi connectivity index (χ3v) is 4.49. The average Bonchev–Trinajstić information content (AvgIpc) is 3.27. The summed E-state index contributed by atoms with van der Waals surface area (Å²) >= 11 is 0. The first-order valence-electron chi connectivity index (χ1n) is 9.19. The Kier molecular flexibility index (Phi) is 6.62. The molecule has 1 aliphatic heterocycles. The van der Waals surface area contributed by atoms with Crippen LogP contribution in [0.25, 0.3) is 0 Å². The van der Waals surface area contributed by atoms with E-state index >= 15 is 0 Å². The van der Waals surface area contributed by atoms with Gasteiger partial charge in [-0.3, -0.25) is 14.9 Å². The maximum absolute atomic E-state index is 12.0. The van der Waals surface area contributed by atoms with E-state index in [-0.39, 0.29) is 12.3 Å². The second-order valence-electron chi connectivity index (χ2n) is 6.43. The summed E-state index contributed by atoms with van der Waals surface area (Å²) in [7, 11) is 1.52. The van der Waals surface area contributed by atoms with E-state index in [0.29, 0.717) is 17.1 Å². The molecule has 1 saturated heterocycles. The number of nitro groups is 1. The molecule has 0 saturated carbocycles. The fourth-order valence-corrected chi connectivity index (χ4v) is 3.09. The SMILES string of the molecule is COc1ccccc1OCC(=O)N/N=C/c1cc([N+](=O)[O-])ccc1N1CCCC1. The van der Waals surface area contributed by atoms with Crippen molar-refractivity contribution in [2.75, 3.05) is 31.7 Å². The molecule has 0 unspecified atom stereocenters. The first kappa shape index (κ1) is 20.1. The smallest absolute Gasteiger partial charge is 0.277 e. The molecule has 0 aromatic heterocycles. The largest absolute Gasteiger partial charge is 0.493 e. The molecule has 9 heteroatoms. The molecule has 1 amide bonds. The summed E-state index contributed by atoms with van der Waals surface area (Å²) in [6.07, 6.45) is 3.57. The van der Waals surface area contributed by atoms with Crippen molar-refractivity contribution in [2.45, 2.75) is 12.8 Å². The van der Waals surface area contributed by atoms with Crippen molar-refractivity contribution in [3.63, 3.8) is 0 Å². The van der Waals surface area contributed by atoms with Crippen LogP contribution in [0.1, 0.15) is 18.4 Å². The van der Waals surface area contributed by atoms with Gasteiger partial charge in [-0.15, -0.1) is 0 Å². The summed E-state index contributed by atoms with van der Waals surface area (Å²) in [5.74, 6) is 0.514. The lowest BCUT2D eigenvalue weighted by Crippen LogP contribution is -2.25. The van der Waals surface area contributed by atoms with Gasteiger partial charge in [-0.05, 0) is 31.0 Å². The summed E-state index contributed by atoms with van der Waals surface area (Å²) in [6.45, 7) is 1.53. The fourth-order valence-electron chi connectivity index (χ4n) is 3.09. The Balaban J connectivity index is 1.64. The van der Waals surface area contributed by atoms with Crippen LogP contribution in [-0.2, 0) is 4.79 Å². The Morgan fingerprint density at radius 1 is 1.24 bits per heavy atom. The normalized spacial score (nSPS) is 13.5. The van der Waals surface area contributed by atoms with Gasteiger partial charge in [0.15, 0.2) is 18.1 Å². The van der Waals surface area contributed by atoms with Gasteiger partial charge in [-0.2, -0.15) is 5.10 Å². The number of para-hydroxylation sites is 2. The van der Waals surface area contributed by atoms with Crippen LogP contribution >= 0.6 is 0 Å². The number of rotatable bonds is 8. The zero-order valence-corrected chi connectivity index (χ0v) is 16.0. The molecule has 1 heterocycles. The van der Waals surface area contributed by atoms with Crippen LogP contribution in [0.2, 0.25) is 0 Å². The molecular formula is C20H22N4O5. The Morgan fingerprint density at radius 2 is 1.97 bits per heavy atom. The molecule has 0 radical (unpaired) electrons. The van der Waals surface area contributed by atoms with Crippen LogP contribution in [-0.4, -0.2) is 43.9 Å². The molecule has 1 fully saturated rings. The van der Waals surface area contributed by atoms with Gasteiger partial charge in [0, 0.05) is 36.5 Å². The minimum atomic E-state index is -0.458. The quantitative estimate of drug-likeness (QED) is 0.416. The number of ether oxygens (including phenoxy) is 2. The number of hydrazone groups is 1. The van der Waals surface area contributed by atoms with E-state index in [1.54, 1.807) is 30.3 Å². The van der Waals surface area contributed by atoms with Crippen LogP contribution < -0.4 is 19.8 Å². The third kappa shape index (κ3) is 5.22. The third-order valence-electron chi connectivity index (χ3n) is 4.49. The highest BCUT2D eigenvalue weighted by Crippen LogP contribution is 2.27. The molecule has 1 aliphatic rings. The van der Waals surface area contributed by atoms with Gasteiger partial charge in [-0.25, -0.2) is 5.43 Å². The lowest BCUT2D eigenvalue weighted by Gasteiger charge is -2.19. The van der Waals surface area contributed by atoms with Crippen LogP contribution in [0.4, 0.5) is 11.4 Å². The predicted molar refractivity (Wildman–Crippen MR) is 109 cm³/mol. The molecular weight excluding hydrogens is 376 g/mol. The van der Waals surface area contributed by atoms with Crippen molar-refractivity contribution >= 4 is 23.5 Å².